The van der Waals surface area contributed by atoms with Gasteiger partial charge in [0.25, 0.3) is 0 Å². The Morgan fingerprint density at radius 1 is 1.33 bits per heavy atom. The summed E-state index contributed by atoms with van der Waals surface area (Å²) in [6, 6.07) is 6.44. The number of hydrogen-bond donors (Lipinski definition) is 1. The summed E-state index contributed by atoms with van der Waals surface area (Å²) in [6.07, 6.45) is 7.26. The molecule has 1 heterocycles. The second-order valence-electron chi connectivity index (χ2n) is 6.75. The summed E-state index contributed by atoms with van der Waals surface area (Å²) in [6.45, 7) is 2.95. The number of aryl methyl sites for hydroxylation is 1. The largest absolute Gasteiger partial charge is 0.496 e. The van der Waals surface area contributed by atoms with Crippen LogP contribution in [0.2, 0.25) is 0 Å². The van der Waals surface area contributed by atoms with E-state index in [0.29, 0.717) is 5.92 Å². The van der Waals surface area contributed by atoms with Crippen molar-refractivity contribution >= 4 is 0 Å². The fourth-order valence-electron chi connectivity index (χ4n) is 4.12. The average Bonchev–Trinajstić information content (AvgIpc) is 2.94. The first-order chi connectivity index (χ1) is 10.1. The van der Waals surface area contributed by atoms with Crippen LogP contribution in [0, 0.1) is 12.8 Å². The summed E-state index contributed by atoms with van der Waals surface area (Å²) in [5.41, 5.74) is 9.12. The van der Waals surface area contributed by atoms with Crippen molar-refractivity contribution in [3.8, 4) is 5.75 Å². The summed E-state index contributed by atoms with van der Waals surface area (Å²) in [7, 11) is 1.71. The Morgan fingerprint density at radius 2 is 2.10 bits per heavy atom. The Balaban J connectivity index is 1.75. The molecule has 2 aliphatic rings. The van der Waals surface area contributed by atoms with Crippen LogP contribution in [0.15, 0.2) is 18.2 Å². The SMILES string of the molecule is COc1ccc(C(N)C2CCOC3(CCCC3)C2)cc1C. The van der Waals surface area contributed by atoms with Gasteiger partial charge in [-0.25, -0.2) is 0 Å². The lowest BCUT2D eigenvalue weighted by Gasteiger charge is -2.40. The molecule has 2 fully saturated rings. The van der Waals surface area contributed by atoms with E-state index in [1.165, 1.54) is 31.2 Å². The third kappa shape index (κ3) is 2.95. The lowest BCUT2D eigenvalue weighted by molar-refractivity contribution is -0.0963. The van der Waals surface area contributed by atoms with E-state index in [-0.39, 0.29) is 11.6 Å². The summed E-state index contributed by atoms with van der Waals surface area (Å²) < 4.78 is 11.5. The molecule has 21 heavy (non-hydrogen) atoms. The van der Waals surface area contributed by atoms with Crippen LogP contribution in [0.1, 0.15) is 55.7 Å². The fourth-order valence-corrected chi connectivity index (χ4v) is 4.12. The molecule has 2 unspecified atom stereocenters. The highest BCUT2D eigenvalue weighted by atomic mass is 16.5. The second kappa shape index (κ2) is 5.98. The van der Waals surface area contributed by atoms with Gasteiger partial charge in [0.2, 0.25) is 0 Å². The van der Waals surface area contributed by atoms with E-state index >= 15 is 0 Å². The first-order valence-electron chi connectivity index (χ1n) is 8.18. The van der Waals surface area contributed by atoms with E-state index in [2.05, 4.69) is 19.1 Å². The van der Waals surface area contributed by atoms with E-state index < -0.39 is 0 Å². The molecule has 0 radical (unpaired) electrons. The average molecular weight is 289 g/mol. The van der Waals surface area contributed by atoms with Crippen molar-refractivity contribution in [3.63, 3.8) is 0 Å². The molecule has 1 aliphatic carbocycles. The smallest absolute Gasteiger partial charge is 0.121 e. The summed E-state index contributed by atoms with van der Waals surface area (Å²) in [5.74, 6) is 1.47. The van der Waals surface area contributed by atoms with E-state index in [1.54, 1.807) is 7.11 Å². The van der Waals surface area contributed by atoms with Gasteiger partial charge in [-0.2, -0.15) is 0 Å². The first kappa shape index (κ1) is 14.9. The zero-order chi connectivity index (χ0) is 14.9. The predicted octanol–water partition coefficient (Wildman–Crippen LogP) is 3.74. The van der Waals surface area contributed by atoms with Crippen molar-refractivity contribution in [3.05, 3.63) is 29.3 Å². The quantitative estimate of drug-likeness (QED) is 0.922. The maximum absolute atomic E-state index is 6.58. The third-order valence-electron chi connectivity index (χ3n) is 5.36. The van der Waals surface area contributed by atoms with Gasteiger partial charge in [0, 0.05) is 12.6 Å². The summed E-state index contributed by atoms with van der Waals surface area (Å²) >= 11 is 0. The van der Waals surface area contributed by atoms with Gasteiger partial charge in [-0.3, -0.25) is 0 Å². The van der Waals surface area contributed by atoms with Crippen molar-refractivity contribution in [2.45, 2.75) is 57.1 Å². The first-order valence-corrected chi connectivity index (χ1v) is 8.18. The minimum Gasteiger partial charge on any atom is -0.496 e. The van der Waals surface area contributed by atoms with Gasteiger partial charge in [-0.1, -0.05) is 25.0 Å². The highest BCUT2D eigenvalue weighted by Gasteiger charge is 2.41. The van der Waals surface area contributed by atoms with E-state index in [0.717, 1.165) is 30.8 Å². The van der Waals surface area contributed by atoms with Gasteiger partial charge < -0.3 is 15.2 Å². The normalized spacial score (nSPS) is 26.0. The van der Waals surface area contributed by atoms with Crippen LogP contribution in [0.25, 0.3) is 0 Å². The van der Waals surface area contributed by atoms with Gasteiger partial charge in [0.15, 0.2) is 0 Å². The number of hydrogen-bond acceptors (Lipinski definition) is 3. The summed E-state index contributed by atoms with van der Waals surface area (Å²) in [5, 5.41) is 0. The number of ether oxygens (including phenoxy) is 2. The Morgan fingerprint density at radius 3 is 2.76 bits per heavy atom. The number of methoxy groups -OCH3 is 1. The summed E-state index contributed by atoms with van der Waals surface area (Å²) in [4.78, 5) is 0. The van der Waals surface area contributed by atoms with Crippen molar-refractivity contribution in [2.75, 3.05) is 13.7 Å². The monoisotopic (exact) mass is 289 g/mol. The molecule has 2 N–H and O–H groups in total. The maximum atomic E-state index is 6.58. The highest BCUT2D eigenvalue weighted by molar-refractivity contribution is 5.37. The van der Waals surface area contributed by atoms with Gasteiger partial charge in [-0.15, -0.1) is 0 Å². The van der Waals surface area contributed by atoms with Crippen LogP contribution >= 0.6 is 0 Å². The number of rotatable bonds is 3. The van der Waals surface area contributed by atoms with E-state index in [1.807, 2.05) is 6.07 Å². The molecule has 0 aromatic heterocycles. The van der Waals surface area contributed by atoms with Crippen molar-refractivity contribution in [1.82, 2.24) is 0 Å². The van der Waals surface area contributed by atoms with Gasteiger partial charge in [0.05, 0.1) is 12.7 Å². The van der Waals surface area contributed by atoms with Crippen LogP contribution in [0.5, 0.6) is 5.75 Å². The Kier molecular flexibility index (Phi) is 4.23. The standard InChI is InChI=1S/C18H27NO2/c1-13-11-14(5-6-16(13)20-2)17(19)15-7-10-21-18(12-15)8-3-4-9-18/h5-6,11,15,17H,3-4,7-10,12,19H2,1-2H3. The molecule has 0 bridgehead atoms. The Bertz CT molecular complexity index is 494. The van der Waals surface area contributed by atoms with Crippen LogP contribution in [-0.2, 0) is 4.74 Å². The van der Waals surface area contributed by atoms with Gasteiger partial charge in [-0.05, 0) is 55.7 Å². The molecule has 1 spiro atoms. The fraction of sp³-hybridized carbons (Fsp3) is 0.667. The lowest BCUT2D eigenvalue weighted by atomic mass is 9.79. The molecule has 3 nitrogen and oxygen atoms in total. The minimum atomic E-state index is 0.107. The Hall–Kier alpha value is -1.06. The molecule has 1 aromatic carbocycles. The molecule has 1 aromatic rings. The van der Waals surface area contributed by atoms with Crippen molar-refractivity contribution in [2.24, 2.45) is 11.7 Å². The predicted molar refractivity (Wildman–Crippen MR) is 84.5 cm³/mol. The topological polar surface area (TPSA) is 44.5 Å². The van der Waals surface area contributed by atoms with Crippen LogP contribution in [0.3, 0.4) is 0 Å². The molecule has 3 rings (SSSR count). The molecule has 1 saturated carbocycles. The van der Waals surface area contributed by atoms with E-state index in [9.17, 15) is 0 Å². The zero-order valence-corrected chi connectivity index (χ0v) is 13.2. The molecule has 3 heteroatoms. The van der Waals surface area contributed by atoms with Crippen molar-refractivity contribution in [1.29, 1.82) is 0 Å². The number of benzene rings is 1. The molecule has 2 atom stereocenters. The second-order valence-corrected chi connectivity index (χ2v) is 6.75. The van der Waals surface area contributed by atoms with Crippen LogP contribution in [0.4, 0.5) is 0 Å². The Labute approximate surface area is 127 Å². The van der Waals surface area contributed by atoms with Gasteiger partial charge in [0.1, 0.15) is 5.75 Å². The molecule has 0 amide bonds. The lowest BCUT2D eigenvalue weighted by Crippen LogP contribution is -2.40. The molecular formula is C18H27NO2. The molecule has 1 aliphatic heterocycles. The number of nitrogens with two attached hydrogens (primary N) is 1. The zero-order valence-electron chi connectivity index (χ0n) is 13.2. The van der Waals surface area contributed by atoms with Crippen LogP contribution < -0.4 is 10.5 Å². The minimum absolute atomic E-state index is 0.107. The van der Waals surface area contributed by atoms with Crippen molar-refractivity contribution < 1.29 is 9.47 Å². The van der Waals surface area contributed by atoms with Crippen LogP contribution in [-0.4, -0.2) is 19.3 Å². The molecule has 1 saturated heterocycles. The highest BCUT2D eigenvalue weighted by Crippen LogP contribution is 2.45. The molecular weight excluding hydrogens is 262 g/mol. The third-order valence-corrected chi connectivity index (χ3v) is 5.36. The molecule has 116 valence electrons. The maximum Gasteiger partial charge on any atom is 0.121 e. The van der Waals surface area contributed by atoms with E-state index in [4.69, 9.17) is 15.2 Å². The van der Waals surface area contributed by atoms with Gasteiger partial charge >= 0.3 is 0 Å².